The standard InChI is InChI=1S/C31H34N2O5S/c1-30(13-14-30)38-29(34)33-18-15-31(16-19-33)12-11-26-20-25(9-10-28(26)37-31)24-7-5-23(6-8-24)21-39(35,36)22-27-4-2-3-17-32-27/h2-10,17,20H,11-16,18-19,21-22H2,1H3. The smallest absolute Gasteiger partial charge is 0.410 e. The van der Waals surface area contributed by atoms with Crippen LogP contribution >= 0.6 is 0 Å². The van der Waals surface area contributed by atoms with Crippen LogP contribution in [-0.2, 0) is 32.5 Å². The van der Waals surface area contributed by atoms with Crippen molar-refractivity contribution in [1.29, 1.82) is 0 Å². The zero-order chi connectivity index (χ0) is 27.1. The average Bonchev–Trinajstić information content (AvgIpc) is 3.65. The zero-order valence-corrected chi connectivity index (χ0v) is 23.1. The minimum atomic E-state index is -3.31. The van der Waals surface area contributed by atoms with Gasteiger partial charge in [-0.15, -0.1) is 0 Å². The molecule has 204 valence electrons. The van der Waals surface area contributed by atoms with Crippen molar-refractivity contribution in [2.24, 2.45) is 0 Å². The second kappa shape index (κ2) is 9.97. The predicted octanol–water partition coefficient (Wildman–Crippen LogP) is 5.71. The van der Waals surface area contributed by atoms with E-state index in [0.29, 0.717) is 18.8 Å². The van der Waals surface area contributed by atoms with Gasteiger partial charge in [0.25, 0.3) is 0 Å². The van der Waals surface area contributed by atoms with Gasteiger partial charge >= 0.3 is 6.09 Å². The Bertz CT molecular complexity index is 1460. The minimum absolute atomic E-state index is 0.0154. The Morgan fingerprint density at radius 2 is 1.69 bits per heavy atom. The van der Waals surface area contributed by atoms with Gasteiger partial charge in [-0.2, -0.15) is 0 Å². The Kier molecular flexibility index (Phi) is 6.61. The van der Waals surface area contributed by atoms with Crippen LogP contribution in [0.1, 0.15) is 55.8 Å². The van der Waals surface area contributed by atoms with E-state index < -0.39 is 9.84 Å². The van der Waals surface area contributed by atoms with Crippen molar-refractivity contribution < 1.29 is 22.7 Å². The van der Waals surface area contributed by atoms with Crippen LogP contribution in [0.2, 0.25) is 0 Å². The number of ether oxygens (including phenoxy) is 2. The first-order valence-corrected chi connectivity index (χ1v) is 15.5. The Morgan fingerprint density at radius 3 is 2.38 bits per heavy atom. The molecule has 6 rings (SSSR count). The number of hydrogen-bond acceptors (Lipinski definition) is 6. The van der Waals surface area contributed by atoms with Gasteiger partial charge in [0.05, 0.1) is 17.2 Å². The van der Waals surface area contributed by atoms with Crippen molar-refractivity contribution >= 4 is 15.9 Å². The number of amides is 1. The second-order valence-corrected chi connectivity index (χ2v) is 13.5. The predicted molar refractivity (Wildman–Crippen MR) is 149 cm³/mol. The summed E-state index contributed by atoms with van der Waals surface area (Å²) in [6.07, 6.45) is 6.80. The number of piperidine rings is 1. The lowest BCUT2D eigenvalue weighted by Crippen LogP contribution is -2.51. The Balaban J connectivity index is 1.07. The van der Waals surface area contributed by atoms with Crippen molar-refractivity contribution in [1.82, 2.24) is 9.88 Å². The first kappa shape index (κ1) is 25.9. The molecule has 1 amide bonds. The SMILES string of the molecule is CC1(OC(=O)N2CCC3(CCc4cc(-c5ccc(CS(=O)(=O)Cc6ccccn6)cc5)ccc4O3)CC2)CC1. The highest BCUT2D eigenvalue weighted by Gasteiger charge is 2.45. The molecule has 0 N–H and O–H groups in total. The number of fused-ring (bicyclic) bond motifs is 1. The molecule has 2 fully saturated rings. The van der Waals surface area contributed by atoms with Crippen LogP contribution in [0.3, 0.4) is 0 Å². The molecule has 3 heterocycles. The van der Waals surface area contributed by atoms with Crippen LogP contribution in [0.5, 0.6) is 5.75 Å². The van der Waals surface area contributed by atoms with Crippen LogP contribution < -0.4 is 4.74 Å². The lowest BCUT2D eigenvalue weighted by molar-refractivity contribution is -0.0201. The summed E-state index contributed by atoms with van der Waals surface area (Å²) in [6, 6.07) is 19.3. The number of nitrogens with zero attached hydrogens (tertiary/aromatic N) is 2. The van der Waals surface area contributed by atoms with Crippen molar-refractivity contribution in [3.05, 3.63) is 83.7 Å². The molecule has 1 spiro atoms. The summed E-state index contributed by atoms with van der Waals surface area (Å²) in [6.45, 7) is 3.31. The molecule has 0 bridgehead atoms. The minimum Gasteiger partial charge on any atom is -0.487 e. The molecule has 0 atom stereocenters. The highest BCUT2D eigenvalue weighted by Crippen LogP contribution is 2.42. The molecule has 3 aliphatic rings. The van der Waals surface area contributed by atoms with E-state index in [1.54, 1.807) is 24.4 Å². The summed E-state index contributed by atoms with van der Waals surface area (Å²) in [7, 11) is -3.31. The quantitative estimate of drug-likeness (QED) is 0.394. The topological polar surface area (TPSA) is 85.8 Å². The number of carbonyl (C=O) groups is 1. The van der Waals surface area contributed by atoms with Crippen molar-refractivity contribution in [3.63, 3.8) is 0 Å². The van der Waals surface area contributed by atoms with E-state index in [9.17, 15) is 13.2 Å². The summed E-state index contributed by atoms with van der Waals surface area (Å²) in [5.74, 6) is 0.839. The number of sulfone groups is 1. The van der Waals surface area contributed by atoms with E-state index in [2.05, 4.69) is 17.1 Å². The fourth-order valence-electron chi connectivity index (χ4n) is 5.51. The normalized spacial score (nSPS) is 19.2. The van der Waals surface area contributed by atoms with E-state index >= 15 is 0 Å². The monoisotopic (exact) mass is 546 g/mol. The molecular weight excluding hydrogens is 512 g/mol. The fourth-order valence-corrected chi connectivity index (χ4v) is 6.93. The molecule has 7 nitrogen and oxygen atoms in total. The fraction of sp³-hybridized carbons (Fsp3) is 0.419. The molecule has 1 aliphatic carbocycles. The molecular formula is C31H34N2O5S. The number of rotatable bonds is 6. The number of aryl methyl sites for hydroxylation is 1. The first-order valence-electron chi connectivity index (χ1n) is 13.7. The van der Waals surface area contributed by atoms with Gasteiger partial charge in [-0.05, 0) is 79.1 Å². The zero-order valence-electron chi connectivity index (χ0n) is 22.3. The molecule has 2 aromatic carbocycles. The Morgan fingerprint density at radius 1 is 0.949 bits per heavy atom. The van der Waals surface area contributed by atoms with Gasteiger partial charge in [0.2, 0.25) is 0 Å². The summed E-state index contributed by atoms with van der Waals surface area (Å²) in [5, 5.41) is 0. The average molecular weight is 547 g/mol. The lowest BCUT2D eigenvalue weighted by Gasteiger charge is -2.44. The van der Waals surface area contributed by atoms with Crippen molar-refractivity contribution in [2.75, 3.05) is 13.1 Å². The van der Waals surface area contributed by atoms with E-state index in [0.717, 1.165) is 61.0 Å². The van der Waals surface area contributed by atoms with E-state index in [-0.39, 0.29) is 28.8 Å². The lowest BCUT2D eigenvalue weighted by atomic mass is 9.82. The molecule has 2 aliphatic heterocycles. The van der Waals surface area contributed by atoms with Crippen LogP contribution in [0.15, 0.2) is 66.9 Å². The number of carbonyl (C=O) groups excluding carboxylic acids is 1. The summed E-state index contributed by atoms with van der Waals surface area (Å²) >= 11 is 0. The van der Waals surface area contributed by atoms with Gasteiger partial charge < -0.3 is 14.4 Å². The second-order valence-electron chi connectivity index (χ2n) is 11.5. The molecule has 1 saturated heterocycles. The first-order chi connectivity index (χ1) is 18.7. The third kappa shape index (κ3) is 5.96. The van der Waals surface area contributed by atoms with Crippen molar-refractivity contribution in [3.8, 4) is 16.9 Å². The maximum Gasteiger partial charge on any atom is 0.410 e. The maximum atomic E-state index is 12.6. The van der Waals surface area contributed by atoms with Gasteiger partial charge in [-0.1, -0.05) is 36.4 Å². The molecule has 0 radical (unpaired) electrons. The number of hydrogen-bond donors (Lipinski definition) is 0. The summed E-state index contributed by atoms with van der Waals surface area (Å²) in [5.41, 5.74) is 4.16. The van der Waals surface area contributed by atoms with Gasteiger partial charge in [-0.3, -0.25) is 4.98 Å². The molecule has 39 heavy (non-hydrogen) atoms. The third-order valence-corrected chi connectivity index (χ3v) is 9.73. The number of likely N-dealkylation sites (tertiary alicyclic amines) is 1. The van der Waals surface area contributed by atoms with Crippen molar-refractivity contribution in [2.45, 2.75) is 68.2 Å². The number of pyridine rings is 1. The highest BCUT2D eigenvalue weighted by atomic mass is 32.2. The van der Waals surface area contributed by atoms with Gasteiger partial charge in [0.1, 0.15) is 17.0 Å². The highest BCUT2D eigenvalue weighted by molar-refractivity contribution is 7.89. The van der Waals surface area contributed by atoms with Gasteiger partial charge in [-0.25, -0.2) is 13.2 Å². The van der Waals surface area contributed by atoms with E-state index in [1.807, 2.05) is 42.2 Å². The summed E-state index contributed by atoms with van der Waals surface area (Å²) in [4.78, 5) is 18.4. The third-order valence-electron chi connectivity index (χ3n) is 8.23. The molecule has 1 aromatic heterocycles. The molecule has 8 heteroatoms. The Labute approximate surface area is 230 Å². The number of benzene rings is 2. The molecule has 0 unspecified atom stereocenters. The van der Waals surface area contributed by atoms with Crippen LogP contribution in [0, 0.1) is 0 Å². The number of aromatic nitrogens is 1. The van der Waals surface area contributed by atoms with Gasteiger partial charge in [0.15, 0.2) is 9.84 Å². The maximum absolute atomic E-state index is 12.6. The van der Waals surface area contributed by atoms with Crippen LogP contribution in [0.25, 0.3) is 11.1 Å². The van der Waals surface area contributed by atoms with Crippen LogP contribution in [-0.4, -0.2) is 48.7 Å². The molecule has 1 saturated carbocycles. The van der Waals surface area contributed by atoms with Crippen LogP contribution in [0.4, 0.5) is 4.79 Å². The van der Waals surface area contributed by atoms with Gasteiger partial charge in [0, 0.05) is 32.1 Å². The van der Waals surface area contributed by atoms with E-state index in [4.69, 9.17) is 9.47 Å². The largest absolute Gasteiger partial charge is 0.487 e. The Hall–Kier alpha value is -3.39. The summed E-state index contributed by atoms with van der Waals surface area (Å²) < 4.78 is 37.5. The van der Waals surface area contributed by atoms with E-state index in [1.165, 1.54) is 5.56 Å². The molecule has 3 aromatic rings.